The number of ether oxygens (including phenoxy) is 3. The van der Waals surface area contributed by atoms with E-state index in [-0.39, 0.29) is 73.8 Å². The van der Waals surface area contributed by atoms with E-state index in [2.05, 4.69) is 26.3 Å². The fourth-order valence-corrected chi connectivity index (χ4v) is 8.44. The molecule has 5 heterocycles. The van der Waals surface area contributed by atoms with E-state index < -0.39 is 35.5 Å². The molecule has 7 rings (SSSR count). The predicted molar refractivity (Wildman–Crippen MR) is 176 cm³/mol. The Hall–Kier alpha value is -4.45. The third-order valence-electron chi connectivity index (χ3n) is 9.72. The second kappa shape index (κ2) is 12.5. The summed E-state index contributed by atoms with van der Waals surface area (Å²) in [5.41, 5.74) is 5.83. The van der Waals surface area contributed by atoms with E-state index in [0.717, 1.165) is 30.7 Å². The molecule has 48 heavy (non-hydrogen) atoms. The van der Waals surface area contributed by atoms with Gasteiger partial charge in [0, 0.05) is 44.0 Å². The molecule has 3 saturated heterocycles. The van der Waals surface area contributed by atoms with Crippen LogP contribution in [0.1, 0.15) is 25.7 Å². The van der Waals surface area contributed by atoms with Gasteiger partial charge in [0.05, 0.1) is 39.8 Å². The molecule has 0 aliphatic carbocycles. The van der Waals surface area contributed by atoms with E-state index in [0.29, 0.717) is 25.9 Å². The Bertz CT molecular complexity index is 1980. The second-order valence-electron chi connectivity index (χ2n) is 12.4. The molecule has 3 fully saturated rings. The van der Waals surface area contributed by atoms with Crippen molar-refractivity contribution in [2.45, 2.75) is 49.5 Å². The summed E-state index contributed by atoms with van der Waals surface area (Å²) in [5, 5.41) is 0.595. The lowest BCUT2D eigenvalue weighted by Gasteiger charge is -2.31. The average molecular weight is 679 g/mol. The molecule has 250 valence electrons. The van der Waals surface area contributed by atoms with Gasteiger partial charge in [-0.2, -0.15) is 9.97 Å². The Labute approximate surface area is 278 Å². The van der Waals surface area contributed by atoms with Crippen LogP contribution in [0.5, 0.6) is 11.9 Å². The number of hydrogen-bond acceptors (Lipinski definition) is 9. The number of nitrogens with zero attached hydrogens (tertiary/aromatic N) is 5. The Morgan fingerprint density at radius 3 is 2.83 bits per heavy atom. The molecule has 1 amide bonds. The van der Waals surface area contributed by atoms with Crippen molar-refractivity contribution in [3.05, 3.63) is 60.0 Å². The number of thiophene rings is 1. The van der Waals surface area contributed by atoms with Crippen molar-refractivity contribution in [3.8, 4) is 23.0 Å². The van der Waals surface area contributed by atoms with Crippen LogP contribution in [0.15, 0.2) is 36.9 Å². The van der Waals surface area contributed by atoms with Crippen LogP contribution in [0.3, 0.4) is 0 Å². The smallest absolute Gasteiger partial charge is 0.320 e. The molecule has 0 unspecified atom stereocenters. The number of rotatable bonds is 9. The molecule has 0 radical (unpaired) electrons. The highest BCUT2D eigenvalue weighted by molar-refractivity contribution is 7.23. The van der Waals surface area contributed by atoms with E-state index >= 15 is 4.39 Å². The zero-order chi connectivity index (χ0) is 33.7. The highest BCUT2D eigenvalue weighted by atomic mass is 32.1. The van der Waals surface area contributed by atoms with Crippen molar-refractivity contribution in [2.24, 2.45) is 0 Å². The minimum Gasteiger partial charge on any atom is -0.471 e. The van der Waals surface area contributed by atoms with Crippen molar-refractivity contribution in [3.63, 3.8) is 0 Å². The molecule has 3 aliphatic rings. The van der Waals surface area contributed by atoms with Gasteiger partial charge in [-0.05, 0) is 43.2 Å². The first kappa shape index (κ1) is 32.1. The highest BCUT2D eigenvalue weighted by Crippen LogP contribution is 2.47. The zero-order valence-corrected chi connectivity index (χ0v) is 27.0. The van der Waals surface area contributed by atoms with Crippen molar-refractivity contribution in [2.75, 3.05) is 45.7 Å². The summed E-state index contributed by atoms with van der Waals surface area (Å²) >= 11 is 0.930. The van der Waals surface area contributed by atoms with Gasteiger partial charge in [-0.3, -0.25) is 9.69 Å². The van der Waals surface area contributed by atoms with Gasteiger partial charge in [0.2, 0.25) is 17.5 Å². The molecular formula is C34H33F3N6O4S. The number of carbonyl (C=O) groups excluding carboxylic acids is 1. The van der Waals surface area contributed by atoms with Gasteiger partial charge in [0.1, 0.15) is 30.2 Å². The Balaban J connectivity index is 1.33. The summed E-state index contributed by atoms with van der Waals surface area (Å²) in [5.74, 6) is -1.55. The van der Waals surface area contributed by atoms with Gasteiger partial charge >= 0.3 is 6.01 Å². The van der Waals surface area contributed by atoms with Crippen molar-refractivity contribution in [1.29, 1.82) is 0 Å². The number of benzene rings is 2. The Morgan fingerprint density at radius 1 is 1.25 bits per heavy atom. The molecule has 2 aromatic heterocycles. The van der Waals surface area contributed by atoms with Crippen molar-refractivity contribution < 1.29 is 32.2 Å². The van der Waals surface area contributed by atoms with Crippen LogP contribution in [0.2, 0.25) is 0 Å². The summed E-state index contributed by atoms with van der Waals surface area (Å²) in [7, 11) is 1.53. The summed E-state index contributed by atoms with van der Waals surface area (Å²) in [4.78, 5) is 28.9. The number of hydrogen-bond donors (Lipinski definition) is 1. The molecule has 3 aliphatic heterocycles. The van der Waals surface area contributed by atoms with E-state index in [1.165, 1.54) is 31.4 Å². The minimum absolute atomic E-state index is 0.0425. The van der Waals surface area contributed by atoms with Gasteiger partial charge in [-0.1, -0.05) is 18.7 Å². The maximum atomic E-state index is 16.8. The van der Waals surface area contributed by atoms with Crippen LogP contribution in [-0.2, 0) is 9.53 Å². The number of carbonyl (C=O) groups is 1. The van der Waals surface area contributed by atoms with Crippen molar-refractivity contribution >= 4 is 48.9 Å². The number of aromatic nitrogens is 2. The number of anilines is 1. The monoisotopic (exact) mass is 678 g/mol. The molecule has 2 N–H and O–H groups in total. The van der Waals surface area contributed by atoms with Crippen molar-refractivity contribution in [1.82, 2.24) is 19.8 Å². The van der Waals surface area contributed by atoms with Crippen LogP contribution in [0.4, 0.5) is 23.9 Å². The number of fused-ring (bicyclic) bond motifs is 3. The zero-order valence-electron chi connectivity index (χ0n) is 26.2. The molecule has 14 heteroatoms. The van der Waals surface area contributed by atoms with Gasteiger partial charge in [-0.15, -0.1) is 11.3 Å². The largest absolute Gasteiger partial charge is 0.471 e. The maximum Gasteiger partial charge on any atom is 0.320 e. The number of nitrogen functional groups attached to an aromatic ring is 1. The first-order chi connectivity index (χ1) is 23.2. The third-order valence-corrected chi connectivity index (χ3v) is 10.7. The van der Waals surface area contributed by atoms with Gasteiger partial charge in [-0.25, -0.2) is 18.0 Å². The second-order valence-corrected chi connectivity index (χ2v) is 13.5. The number of likely N-dealkylation sites (tertiary alicyclic amines) is 1. The maximum absolute atomic E-state index is 16.8. The lowest BCUT2D eigenvalue weighted by Crippen LogP contribution is -2.44. The van der Waals surface area contributed by atoms with Gasteiger partial charge in [0.15, 0.2) is 5.82 Å². The van der Waals surface area contributed by atoms with E-state index in [9.17, 15) is 13.6 Å². The first-order valence-corrected chi connectivity index (χ1v) is 16.5. The van der Waals surface area contributed by atoms with Crippen LogP contribution < -0.4 is 15.2 Å². The number of amides is 1. The highest BCUT2D eigenvalue weighted by Gasteiger charge is 2.49. The van der Waals surface area contributed by atoms with Crippen LogP contribution >= 0.6 is 11.3 Å². The number of halogens is 3. The topological polar surface area (TPSA) is 107 Å². The van der Waals surface area contributed by atoms with Crippen LogP contribution in [-0.4, -0.2) is 89.5 Å². The molecule has 10 nitrogen and oxygen atoms in total. The molecular weight excluding hydrogens is 645 g/mol. The van der Waals surface area contributed by atoms with E-state index in [1.54, 1.807) is 11.0 Å². The van der Waals surface area contributed by atoms with Crippen LogP contribution in [0, 0.1) is 18.2 Å². The van der Waals surface area contributed by atoms with Crippen LogP contribution in [0.25, 0.3) is 37.0 Å². The molecule has 0 saturated carbocycles. The summed E-state index contributed by atoms with van der Waals surface area (Å²) < 4.78 is 64.2. The molecule has 4 aromatic rings. The molecule has 0 bridgehead atoms. The van der Waals surface area contributed by atoms with Gasteiger partial charge in [0.25, 0.3) is 0 Å². The minimum atomic E-state index is -0.967. The standard InChI is InChI=1S/C34H33F3N6O4S/c1-4-25(44)43-13-10-24(23(43)16-45-3)47-32-21-7-6-20(19-8-9-22(36)30-26(19)29(39-2)31(38)48-30)27(37)28(21)40-33(41-32)46-17-34-11-5-12-42(34)15-18(35)14-34/h4,6-9,18,23-24H,1,5,10-17,38H2,3H3/t18-,23-,24-,34+/m1/s1. The third kappa shape index (κ3) is 5.30. The normalized spacial score (nSPS) is 23.9. The fourth-order valence-electron chi connectivity index (χ4n) is 7.50. The molecule has 4 atom stereocenters. The first-order valence-electron chi connectivity index (χ1n) is 15.7. The lowest BCUT2D eigenvalue weighted by molar-refractivity contribution is -0.128. The molecule has 0 spiro atoms. The Morgan fingerprint density at radius 2 is 2.06 bits per heavy atom. The fraction of sp³-hybridized carbons (Fsp3) is 0.412. The van der Waals surface area contributed by atoms with E-state index in [4.69, 9.17) is 26.5 Å². The summed E-state index contributed by atoms with van der Waals surface area (Å²) in [6.07, 6.45) is 2.16. The molecule has 2 aromatic carbocycles. The summed E-state index contributed by atoms with van der Waals surface area (Å²) in [6, 6.07) is 5.12. The number of methoxy groups -OCH3 is 1. The van der Waals surface area contributed by atoms with Gasteiger partial charge < -0.3 is 24.8 Å². The number of nitrogens with two attached hydrogens (primary N) is 1. The summed E-state index contributed by atoms with van der Waals surface area (Å²) in [6.45, 7) is 13.0. The average Bonchev–Trinajstić information content (AvgIpc) is 3.82. The Kier molecular flexibility index (Phi) is 8.39. The quantitative estimate of drug-likeness (QED) is 0.168. The SMILES string of the molecule is [C-]#[N+]c1c(N)sc2c(F)ccc(-c3ccc4c(O[C@@H]5CCN(C(=O)C=C)[C@@H]5COC)nc(OC[C@@]56CCCN5C[C@H](F)C6)nc4c3F)c12. The predicted octanol–water partition coefficient (Wildman–Crippen LogP) is 6.06. The number of alkyl halides is 1. The van der Waals surface area contributed by atoms with E-state index in [1.807, 2.05) is 0 Å². The lowest BCUT2D eigenvalue weighted by atomic mass is 9.95.